The Balaban J connectivity index is 1.86. The second-order valence-electron chi connectivity index (χ2n) is 6.24. The summed E-state index contributed by atoms with van der Waals surface area (Å²) in [6, 6.07) is 10.1. The van der Waals surface area contributed by atoms with Crippen molar-refractivity contribution in [2.24, 2.45) is 0 Å². The van der Waals surface area contributed by atoms with Crippen molar-refractivity contribution in [3.63, 3.8) is 0 Å². The molecule has 2 atom stereocenters. The third-order valence-corrected chi connectivity index (χ3v) is 4.85. The van der Waals surface area contributed by atoms with Gasteiger partial charge >= 0.3 is 0 Å². The molecule has 3 rings (SSSR count). The Morgan fingerprint density at radius 3 is 2.86 bits per heavy atom. The molecule has 3 heteroatoms. The SMILES string of the molecule is CCCNC1c2ccccc2CCCC1N1CCOCC1. The minimum atomic E-state index is 0.474. The zero-order valence-electron chi connectivity index (χ0n) is 13.2. The van der Waals surface area contributed by atoms with E-state index in [2.05, 4.69) is 41.4 Å². The minimum absolute atomic E-state index is 0.474. The lowest BCUT2D eigenvalue weighted by molar-refractivity contribution is 0.00580. The first-order valence-electron chi connectivity index (χ1n) is 8.53. The molecule has 0 aromatic heterocycles. The van der Waals surface area contributed by atoms with Gasteiger partial charge in [0.15, 0.2) is 0 Å². The summed E-state index contributed by atoms with van der Waals surface area (Å²) in [6.07, 6.45) is 5.00. The van der Waals surface area contributed by atoms with Gasteiger partial charge in [0.25, 0.3) is 0 Å². The number of nitrogens with zero attached hydrogens (tertiary/aromatic N) is 1. The molecule has 1 saturated heterocycles. The van der Waals surface area contributed by atoms with Gasteiger partial charge in [-0.1, -0.05) is 31.2 Å². The summed E-state index contributed by atoms with van der Waals surface area (Å²) in [5, 5.41) is 3.83. The van der Waals surface area contributed by atoms with E-state index >= 15 is 0 Å². The predicted molar refractivity (Wildman–Crippen MR) is 86.6 cm³/mol. The van der Waals surface area contributed by atoms with E-state index in [-0.39, 0.29) is 0 Å². The Labute approximate surface area is 128 Å². The van der Waals surface area contributed by atoms with Crippen LogP contribution in [-0.2, 0) is 11.2 Å². The highest BCUT2D eigenvalue weighted by atomic mass is 16.5. The zero-order valence-corrected chi connectivity index (χ0v) is 13.2. The molecule has 3 nitrogen and oxygen atoms in total. The Bertz CT molecular complexity index is 443. The molecule has 1 aromatic rings. The Hall–Kier alpha value is -0.900. The van der Waals surface area contributed by atoms with Crippen molar-refractivity contribution in [3.05, 3.63) is 35.4 Å². The fourth-order valence-electron chi connectivity index (χ4n) is 3.79. The van der Waals surface area contributed by atoms with Crippen molar-refractivity contribution in [2.45, 2.75) is 44.7 Å². The standard InChI is InChI=1S/C18H28N2O/c1-2-10-19-18-16-8-4-3-6-15(16)7-5-9-17(18)20-11-13-21-14-12-20/h3-4,6,8,17-19H,2,5,7,9-14H2,1H3. The van der Waals surface area contributed by atoms with Gasteiger partial charge in [-0.05, 0) is 43.4 Å². The summed E-state index contributed by atoms with van der Waals surface area (Å²) < 4.78 is 5.55. The number of aryl methyl sites for hydroxylation is 1. The van der Waals surface area contributed by atoms with Crippen LogP contribution in [-0.4, -0.2) is 43.8 Å². The van der Waals surface area contributed by atoms with E-state index in [0.717, 1.165) is 32.8 Å². The highest BCUT2D eigenvalue weighted by Gasteiger charge is 2.32. The van der Waals surface area contributed by atoms with Gasteiger partial charge in [0.05, 0.1) is 13.2 Å². The molecule has 0 spiro atoms. The second kappa shape index (κ2) is 7.39. The molecule has 0 saturated carbocycles. The number of hydrogen-bond donors (Lipinski definition) is 1. The predicted octanol–water partition coefficient (Wildman–Crippen LogP) is 2.76. The van der Waals surface area contributed by atoms with Crippen LogP contribution in [0.4, 0.5) is 0 Å². The smallest absolute Gasteiger partial charge is 0.0594 e. The van der Waals surface area contributed by atoms with E-state index in [0.29, 0.717) is 12.1 Å². The maximum Gasteiger partial charge on any atom is 0.0594 e. The third kappa shape index (κ3) is 3.47. The lowest BCUT2D eigenvalue weighted by Crippen LogP contribution is -2.49. The molecule has 0 bridgehead atoms. The van der Waals surface area contributed by atoms with Crippen LogP contribution in [0, 0.1) is 0 Å². The van der Waals surface area contributed by atoms with E-state index < -0.39 is 0 Å². The molecule has 1 heterocycles. The van der Waals surface area contributed by atoms with Crippen molar-refractivity contribution in [3.8, 4) is 0 Å². The molecule has 1 fully saturated rings. The van der Waals surface area contributed by atoms with Crippen molar-refractivity contribution < 1.29 is 4.74 Å². The molecule has 1 aliphatic carbocycles. The van der Waals surface area contributed by atoms with Crippen molar-refractivity contribution in [1.82, 2.24) is 10.2 Å². The normalized spacial score (nSPS) is 27.1. The molecule has 0 amide bonds. The Kier molecular flexibility index (Phi) is 5.28. The molecule has 2 unspecified atom stereocenters. The van der Waals surface area contributed by atoms with Crippen LogP contribution in [0.15, 0.2) is 24.3 Å². The van der Waals surface area contributed by atoms with Gasteiger partial charge in [-0.2, -0.15) is 0 Å². The number of ether oxygens (including phenoxy) is 1. The van der Waals surface area contributed by atoms with E-state index in [9.17, 15) is 0 Å². The maximum atomic E-state index is 5.55. The van der Waals surface area contributed by atoms with Gasteiger partial charge < -0.3 is 10.1 Å². The van der Waals surface area contributed by atoms with E-state index in [4.69, 9.17) is 4.74 Å². The third-order valence-electron chi connectivity index (χ3n) is 4.85. The highest BCUT2D eigenvalue weighted by Crippen LogP contribution is 2.32. The summed E-state index contributed by atoms with van der Waals surface area (Å²) in [5.74, 6) is 0. The number of benzene rings is 1. The number of nitrogens with one attached hydrogen (secondary N) is 1. The number of rotatable bonds is 4. The fourth-order valence-corrected chi connectivity index (χ4v) is 3.79. The van der Waals surface area contributed by atoms with Gasteiger partial charge in [0.2, 0.25) is 0 Å². The molecular formula is C18H28N2O. The summed E-state index contributed by atoms with van der Waals surface area (Å²) in [5.41, 5.74) is 3.07. The molecule has 21 heavy (non-hydrogen) atoms. The van der Waals surface area contributed by atoms with Crippen molar-refractivity contribution in [2.75, 3.05) is 32.8 Å². The van der Waals surface area contributed by atoms with Gasteiger partial charge in [0, 0.05) is 25.2 Å². The van der Waals surface area contributed by atoms with Crippen molar-refractivity contribution in [1.29, 1.82) is 0 Å². The first-order chi connectivity index (χ1) is 10.4. The largest absolute Gasteiger partial charge is 0.379 e. The van der Waals surface area contributed by atoms with Gasteiger partial charge in [-0.3, -0.25) is 4.90 Å². The molecule has 116 valence electrons. The fraction of sp³-hybridized carbons (Fsp3) is 0.667. The van der Waals surface area contributed by atoms with Gasteiger partial charge in [0.1, 0.15) is 0 Å². The summed E-state index contributed by atoms with van der Waals surface area (Å²) >= 11 is 0. The minimum Gasteiger partial charge on any atom is -0.379 e. The number of fused-ring (bicyclic) bond motifs is 1. The lowest BCUT2D eigenvalue weighted by Gasteiger charge is -2.39. The summed E-state index contributed by atoms with van der Waals surface area (Å²) in [7, 11) is 0. The van der Waals surface area contributed by atoms with Crippen LogP contribution in [0.2, 0.25) is 0 Å². The number of morpholine rings is 1. The van der Waals surface area contributed by atoms with Crippen LogP contribution in [0.5, 0.6) is 0 Å². The average Bonchev–Trinajstić information content (AvgIpc) is 2.73. The molecule has 2 aliphatic rings. The van der Waals surface area contributed by atoms with Gasteiger partial charge in [-0.25, -0.2) is 0 Å². The monoisotopic (exact) mass is 288 g/mol. The van der Waals surface area contributed by atoms with E-state index in [1.54, 1.807) is 5.56 Å². The number of hydrogen-bond acceptors (Lipinski definition) is 3. The van der Waals surface area contributed by atoms with Crippen LogP contribution in [0.3, 0.4) is 0 Å². The first kappa shape index (κ1) is 15.0. The molecular weight excluding hydrogens is 260 g/mol. The van der Waals surface area contributed by atoms with Crippen molar-refractivity contribution >= 4 is 0 Å². The highest BCUT2D eigenvalue weighted by molar-refractivity contribution is 5.32. The average molecular weight is 288 g/mol. The zero-order chi connectivity index (χ0) is 14.5. The van der Waals surface area contributed by atoms with Crippen LogP contribution >= 0.6 is 0 Å². The van der Waals surface area contributed by atoms with Crippen LogP contribution in [0.1, 0.15) is 43.4 Å². The summed E-state index contributed by atoms with van der Waals surface area (Å²) in [4.78, 5) is 2.65. The second-order valence-corrected chi connectivity index (χ2v) is 6.24. The lowest BCUT2D eigenvalue weighted by atomic mass is 9.94. The Morgan fingerprint density at radius 1 is 1.24 bits per heavy atom. The maximum absolute atomic E-state index is 5.55. The summed E-state index contributed by atoms with van der Waals surface area (Å²) in [6.45, 7) is 7.28. The Morgan fingerprint density at radius 2 is 2.05 bits per heavy atom. The van der Waals surface area contributed by atoms with Crippen LogP contribution < -0.4 is 5.32 Å². The molecule has 1 aromatic carbocycles. The topological polar surface area (TPSA) is 24.5 Å². The first-order valence-corrected chi connectivity index (χ1v) is 8.53. The van der Waals surface area contributed by atoms with Gasteiger partial charge in [-0.15, -0.1) is 0 Å². The quantitative estimate of drug-likeness (QED) is 0.862. The van der Waals surface area contributed by atoms with E-state index in [1.165, 1.54) is 31.2 Å². The van der Waals surface area contributed by atoms with E-state index in [1.807, 2.05) is 0 Å². The molecule has 1 N–H and O–H groups in total. The molecule has 1 aliphatic heterocycles. The molecule has 0 radical (unpaired) electrons. The van der Waals surface area contributed by atoms with Crippen LogP contribution in [0.25, 0.3) is 0 Å².